The van der Waals surface area contributed by atoms with Gasteiger partial charge in [-0.25, -0.2) is 0 Å². The third-order valence-corrected chi connectivity index (χ3v) is 1.74. The number of hydrogen-bond acceptors (Lipinski definition) is 4. The van der Waals surface area contributed by atoms with Gasteiger partial charge in [0.15, 0.2) is 0 Å². The van der Waals surface area contributed by atoms with E-state index in [0.29, 0.717) is 5.56 Å². The van der Waals surface area contributed by atoms with Crippen molar-refractivity contribution in [2.75, 3.05) is 19.8 Å². The lowest BCUT2D eigenvalue weighted by Gasteiger charge is -2.02. The summed E-state index contributed by atoms with van der Waals surface area (Å²) in [6, 6.07) is 6.67. The Morgan fingerprint density at radius 2 is 2.07 bits per heavy atom. The van der Waals surface area contributed by atoms with Crippen molar-refractivity contribution in [1.29, 1.82) is 0 Å². The molecule has 15 heavy (non-hydrogen) atoms. The molecule has 0 amide bonds. The Bertz CT molecular complexity index is 333. The van der Waals surface area contributed by atoms with Gasteiger partial charge in [0.25, 0.3) is 0 Å². The average Bonchev–Trinajstić information content (AvgIpc) is 2.22. The molecule has 0 aromatic heterocycles. The highest BCUT2D eigenvalue weighted by Gasteiger charge is 1.98. The first-order chi connectivity index (χ1) is 7.24. The molecule has 0 bridgehead atoms. The van der Waals surface area contributed by atoms with Gasteiger partial charge in [-0.3, -0.25) is 0 Å². The molecule has 0 aliphatic rings. The summed E-state index contributed by atoms with van der Waals surface area (Å²) in [5.41, 5.74) is 0.530. The van der Waals surface area contributed by atoms with Gasteiger partial charge in [-0.15, -0.1) is 0 Å². The van der Waals surface area contributed by atoms with Gasteiger partial charge in [0, 0.05) is 5.56 Å². The van der Waals surface area contributed by atoms with Crippen molar-refractivity contribution < 1.29 is 20.1 Å². The highest BCUT2D eigenvalue weighted by molar-refractivity contribution is 5.57. The van der Waals surface area contributed by atoms with Gasteiger partial charge in [0.1, 0.15) is 18.1 Å². The zero-order chi connectivity index (χ0) is 11.1. The van der Waals surface area contributed by atoms with Crippen molar-refractivity contribution in [2.45, 2.75) is 0 Å². The van der Waals surface area contributed by atoms with Gasteiger partial charge < -0.3 is 20.1 Å². The molecule has 82 valence electrons. The molecule has 0 aliphatic heterocycles. The highest BCUT2D eigenvalue weighted by Crippen LogP contribution is 2.18. The molecule has 3 N–H and O–H groups in total. The van der Waals surface area contributed by atoms with E-state index in [-0.39, 0.29) is 31.3 Å². The maximum absolute atomic E-state index is 9.40. The molecule has 4 nitrogen and oxygen atoms in total. The van der Waals surface area contributed by atoms with Crippen LogP contribution in [0.15, 0.2) is 30.0 Å². The van der Waals surface area contributed by atoms with Gasteiger partial charge in [0.05, 0.1) is 13.2 Å². The Balaban J connectivity index is 2.58. The monoisotopic (exact) mass is 210 g/mol. The lowest BCUT2D eigenvalue weighted by atomic mass is 10.2. The number of aliphatic hydroxyl groups excluding tert-OH is 2. The summed E-state index contributed by atoms with van der Waals surface area (Å²) in [5.74, 6) is 0.108. The first kappa shape index (κ1) is 11.6. The van der Waals surface area contributed by atoms with E-state index in [1.165, 1.54) is 12.1 Å². The van der Waals surface area contributed by atoms with Crippen LogP contribution in [0.5, 0.6) is 5.75 Å². The Labute approximate surface area is 88.1 Å². The van der Waals surface area contributed by atoms with Gasteiger partial charge in [0.2, 0.25) is 0 Å². The predicted molar refractivity (Wildman–Crippen MR) is 56.6 cm³/mol. The topological polar surface area (TPSA) is 69.9 Å². The van der Waals surface area contributed by atoms with Gasteiger partial charge in [-0.05, 0) is 12.1 Å². The SMILES string of the molecule is OCCOCC(O)=Cc1ccccc1O. The van der Waals surface area contributed by atoms with E-state index in [2.05, 4.69) is 0 Å². The first-order valence-electron chi connectivity index (χ1n) is 4.60. The number of ether oxygens (including phenoxy) is 1. The van der Waals surface area contributed by atoms with Crippen molar-refractivity contribution in [3.8, 4) is 5.75 Å². The van der Waals surface area contributed by atoms with Crippen LogP contribution in [0.1, 0.15) is 5.56 Å². The van der Waals surface area contributed by atoms with Crippen LogP contribution in [0.2, 0.25) is 0 Å². The number of phenolic OH excluding ortho intramolecular Hbond substituents is 1. The molecule has 0 unspecified atom stereocenters. The van der Waals surface area contributed by atoms with Crippen LogP contribution < -0.4 is 0 Å². The summed E-state index contributed by atoms with van der Waals surface area (Å²) >= 11 is 0. The minimum atomic E-state index is -0.0795. The molecular weight excluding hydrogens is 196 g/mol. The van der Waals surface area contributed by atoms with Crippen LogP contribution in [0, 0.1) is 0 Å². The number of rotatable bonds is 5. The van der Waals surface area contributed by atoms with Crippen molar-refractivity contribution in [1.82, 2.24) is 0 Å². The third kappa shape index (κ3) is 4.01. The summed E-state index contributed by atoms with van der Waals surface area (Å²) in [6.07, 6.45) is 1.42. The molecule has 0 fully saturated rings. The van der Waals surface area contributed by atoms with Crippen molar-refractivity contribution in [2.24, 2.45) is 0 Å². The Kier molecular flexibility index (Phi) is 4.66. The van der Waals surface area contributed by atoms with Crippen LogP contribution in [0.25, 0.3) is 6.08 Å². The fourth-order valence-electron chi connectivity index (χ4n) is 1.07. The molecule has 0 heterocycles. The molecule has 1 rings (SSSR count). The van der Waals surface area contributed by atoms with Crippen LogP contribution in [0.4, 0.5) is 0 Å². The molecule has 0 saturated carbocycles. The zero-order valence-corrected chi connectivity index (χ0v) is 8.26. The van der Waals surface area contributed by atoms with Crippen molar-refractivity contribution >= 4 is 6.08 Å². The number of aromatic hydroxyl groups is 1. The van der Waals surface area contributed by atoms with E-state index in [1.807, 2.05) is 0 Å². The van der Waals surface area contributed by atoms with Gasteiger partial charge in [-0.1, -0.05) is 18.2 Å². The Hall–Kier alpha value is -1.52. The second-order valence-electron chi connectivity index (χ2n) is 2.97. The smallest absolute Gasteiger partial charge is 0.122 e. The molecule has 0 atom stereocenters. The highest BCUT2D eigenvalue weighted by atomic mass is 16.5. The van der Waals surface area contributed by atoms with Crippen molar-refractivity contribution in [3.05, 3.63) is 35.6 Å². The van der Waals surface area contributed by atoms with E-state index < -0.39 is 0 Å². The molecular formula is C11H14O4. The average molecular weight is 210 g/mol. The Morgan fingerprint density at radius 1 is 1.33 bits per heavy atom. The summed E-state index contributed by atoms with van der Waals surface area (Å²) in [7, 11) is 0. The minimum absolute atomic E-state index is 0.00458. The quantitative estimate of drug-likeness (QED) is 0.506. The van der Waals surface area contributed by atoms with Gasteiger partial charge in [-0.2, -0.15) is 0 Å². The maximum atomic E-state index is 9.40. The van der Waals surface area contributed by atoms with Crippen LogP contribution >= 0.6 is 0 Å². The minimum Gasteiger partial charge on any atom is -0.510 e. The standard InChI is InChI=1S/C11H14O4/c12-5-6-15-8-10(13)7-9-3-1-2-4-11(9)14/h1-4,7,12-14H,5-6,8H2. The second-order valence-corrected chi connectivity index (χ2v) is 2.97. The number of para-hydroxylation sites is 1. The van der Waals surface area contributed by atoms with E-state index >= 15 is 0 Å². The van der Waals surface area contributed by atoms with E-state index in [9.17, 15) is 10.2 Å². The van der Waals surface area contributed by atoms with Crippen LogP contribution in [-0.2, 0) is 4.74 Å². The fourth-order valence-corrected chi connectivity index (χ4v) is 1.07. The number of aliphatic hydroxyl groups is 2. The predicted octanol–water partition coefficient (Wildman–Crippen LogP) is 1.30. The molecule has 0 spiro atoms. The zero-order valence-electron chi connectivity index (χ0n) is 8.26. The Morgan fingerprint density at radius 3 is 2.73 bits per heavy atom. The van der Waals surface area contributed by atoms with Crippen molar-refractivity contribution in [3.63, 3.8) is 0 Å². The summed E-state index contributed by atoms with van der Waals surface area (Å²) in [6.45, 7) is 0.122. The third-order valence-electron chi connectivity index (χ3n) is 1.74. The van der Waals surface area contributed by atoms with Crippen LogP contribution in [0.3, 0.4) is 0 Å². The molecule has 0 aliphatic carbocycles. The molecule has 1 aromatic rings. The number of phenols is 1. The summed E-state index contributed by atoms with van der Waals surface area (Å²) in [4.78, 5) is 0. The second kappa shape index (κ2) is 6.06. The first-order valence-corrected chi connectivity index (χ1v) is 4.60. The van der Waals surface area contributed by atoms with Crippen LogP contribution in [-0.4, -0.2) is 35.1 Å². The molecule has 0 radical (unpaired) electrons. The molecule has 1 aromatic carbocycles. The largest absolute Gasteiger partial charge is 0.510 e. The molecule has 4 heteroatoms. The van der Waals surface area contributed by atoms with E-state index in [4.69, 9.17) is 9.84 Å². The molecule has 0 saturated heterocycles. The number of benzene rings is 1. The normalized spacial score (nSPS) is 11.7. The lowest BCUT2D eigenvalue weighted by molar-refractivity contribution is 0.0909. The fraction of sp³-hybridized carbons (Fsp3) is 0.273. The summed E-state index contributed by atoms with van der Waals surface area (Å²) < 4.78 is 4.91. The lowest BCUT2D eigenvalue weighted by Crippen LogP contribution is -2.02. The van der Waals surface area contributed by atoms with Gasteiger partial charge >= 0.3 is 0 Å². The number of hydrogen-bond donors (Lipinski definition) is 3. The maximum Gasteiger partial charge on any atom is 0.122 e. The summed E-state index contributed by atoms with van der Waals surface area (Å²) in [5, 5.41) is 27.2. The van der Waals surface area contributed by atoms with E-state index in [1.54, 1.807) is 18.2 Å². The van der Waals surface area contributed by atoms with E-state index in [0.717, 1.165) is 0 Å².